The van der Waals surface area contributed by atoms with Crippen molar-refractivity contribution >= 4 is 37.7 Å². The molecule has 4 heteroatoms. The molecular formula is C9H10Br2N2. The third-order valence-electron chi connectivity index (χ3n) is 1.43. The van der Waals surface area contributed by atoms with Crippen LogP contribution in [-0.2, 0) is 0 Å². The van der Waals surface area contributed by atoms with E-state index in [1.54, 1.807) is 0 Å². The molecule has 0 fully saturated rings. The van der Waals surface area contributed by atoms with Crippen molar-refractivity contribution in [3.63, 3.8) is 0 Å². The van der Waals surface area contributed by atoms with Gasteiger partial charge in [0.2, 0.25) is 0 Å². The zero-order valence-electron chi connectivity index (χ0n) is 7.27. The summed E-state index contributed by atoms with van der Waals surface area (Å²) in [5, 5.41) is 3.14. The van der Waals surface area contributed by atoms with Crippen LogP contribution in [0.1, 0.15) is 5.56 Å². The predicted molar refractivity (Wildman–Crippen MR) is 63.2 cm³/mol. The summed E-state index contributed by atoms with van der Waals surface area (Å²) in [6, 6.07) is 2.02. The van der Waals surface area contributed by atoms with Gasteiger partial charge in [0.15, 0.2) is 0 Å². The molecule has 0 bridgehead atoms. The highest BCUT2D eigenvalue weighted by molar-refractivity contribution is 9.11. The maximum atomic E-state index is 4.23. The molecule has 2 nitrogen and oxygen atoms in total. The molecular weight excluding hydrogens is 296 g/mol. The third-order valence-corrected chi connectivity index (χ3v) is 2.31. The second-order valence-corrected chi connectivity index (χ2v) is 4.69. The smallest absolute Gasteiger partial charge is 0.140 e. The minimum absolute atomic E-state index is 0.675. The number of nitrogens with zero attached hydrogens (tertiary/aromatic N) is 1. The van der Waals surface area contributed by atoms with E-state index in [-0.39, 0.29) is 0 Å². The van der Waals surface area contributed by atoms with Crippen LogP contribution in [0.15, 0.2) is 27.8 Å². The standard InChI is InChI=1S/C9H10Br2N2/c1-6-3-8(11)9(12-4-6)13-5-7(2)10/h3-4H,2,5H2,1H3,(H,12,13). The maximum absolute atomic E-state index is 4.23. The predicted octanol–water partition coefficient (Wildman–Crippen LogP) is 3.47. The van der Waals surface area contributed by atoms with Gasteiger partial charge in [0.05, 0.1) is 4.47 Å². The molecule has 0 amide bonds. The molecule has 13 heavy (non-hydrogen) atoms. The van der Waals surface area contributed by atoms with Crippen molar-refractivity contribution in [1.29, 1.82) is 0 Å². The minimum Gasteiger partial charge on any atom is -0.365 e. The normalized spacial score (nSPS) is 9.77. The number of halogens is 2. The molecule has 0 aromatic carbocycles. The Labute approximate surface area is 94.7 Å². The number of nitrogens with one attached hydrogen (secondary N) is 1. The molecule has 0 radical (unpaired) electrons. The third kappa shape index (κ3) is 3.48. The van der Waals surface area contributed by atoms with Gasteiger partial charge in [-0.15, -0.1) is 0 Å². The lowest BCUT2D eigenvalue weighted by molar-refractivity contribution is 1.19. The van der Waals surface area contributed by atoms with Gasteiger partial charge in [-0.2, -0.15) is 0 Å². The van der Waals surface area contributed by atoms with Crippen LogP contribution < -0.4 is 5.32 Å². The van der Waals surface area contributed by atoms with E-state index in [2.05, 4.69) is 48.7 Å². The fourth-order valence-corrected chi connectivity index (χ4v) is 1.59. The first-order valence-corrected chi connectivity index (χ1v) is 5.37. The SMILES string of the molecule is C=C(Br)CNc1ncc(C)cc1Br. The monoisotopic (exact) mass is 304 g/mol. The molecule has 0 saturated carbocycles. The summed E-state index contributed by atoms with van der Waals surface area (Å²) >= 11 is 6.70. The quantitative estimate of drug-likeness (QED) is 0.925. The fourth-order valence-electron chi connectivity index (χ4n) is 0.843. The highest BCUT2D eigenvalue weighted by atomic mass is 79.9. The number of hydrogen-bond acceptors (Lipinski definition) is 2. The summed E-state index contributed by atoms with van der Waals surface area (Å²) in [6.45, 7) is 6.41. The lowest BCUT2D eigenvalue weighted by atomic mass is 10.3. The zero-order chi connectivity index (χ0) is 9.84. The van der Waals surface area contributed by atoms with E-state index in [9.17, 15) is 0 Å². The molecule has 0 saturated heterocycles. The summed E-state index contributed by atoms with van der Waals surface area (Å²) < 4.78 is 1.88. The van der Waals surface area contributed by atoms with E-state index < -0.39 is 0 Å². The van der Waals surface area contributed by atoms with Crippen LogP contribution in [0.5, 0.6) is 0 Å². The van der Waals surface area contributed by atoms with Crippen molar-refractivity contribution in [2.75, 3.05) is 11.9 Å². The van der Waals surface area contributed by atoms with Gasteiger partial charge in [0, 0.05) is 17.2 Å². The average molecular weight is 306 g/mol. The van der Waals surface area contributed by atoms with Crippen LogP contribution in [0, 0.1) is 6.92 Å². The first kappa shape index (κ1) is 10.7. The van der Waals surface area contributed by atoms with Crippen molar-refractivity contribution in [3.8, 4) is 0 Å². The molecule has 0 aliphatic heterocycles. The van der Waals surface area contributed by atoms with E-state index in [1.165, 1.54) is 0 Å². The second kappa shape index (κ2) is 4.77. The maximum Gasteiger partial charge on any atom is 0.140 e. The van der Waals surface area contributed by atoms with Gasteiger partial charge in [-0.1, -0.05) is 22.5 Å². The number of aromatic nitrogens is 1. The van der Waals surface area contributed by atoms with Gasteiger partial charge in [-0.25, -0.2) is 4.98 Å². The van der Waals surface area contributed by atoms with Crippen LogP contribution >= 0.6 is 31.9 Å². The Hall–Kier alpha value is -0.350. The summed E-state index contributed by atoms with van der Waals surface area (Å²) in [7, 11) is 0. The van der Waals surface area contributed by atoms with Crippen molar-refractivity contribution in [2.45, 2.75) is 6.92 Å². The highest BCUT2D eigenvalue weighted by Crippen LogP contribution is 2.20. The minimum atomic E-state index is 0.675. The van der Waals surface area contributed by atoms with Gasteiger partial charge >= 0.3 is 0 Å². The lowest BCUT2D eigenvalue weighted by Gasteiger charge is -2.06. The Morgan fingerprint density at radius 3 is 2.92 bits per heavy atom. The Kier molecular flexibility index (Phi) is 3.93. The summed E-state index contributed by atoms with van der Waals surface area (Å²) in [5.41, 5.74) is 1.13. The van der Waals surface area contributed by atoms with Crippen LogP contribution in [-0.4, -0.2) is 11.5 Å². The van der Waals surface area contributed by atoms with E-state index in [4.69, 9.17) is 0 Å². The van der Waals surface area contributed by atoms with Crippen LogP contribution in [0.4, 0.5) is 5.82 Å². The van der Waals surface area contributed by atoms with Gasteiger partial charge in [-0.3, -0.25) is 0 Å². The number of rotatable bonds is 3. The van der Waals surface area contributed by atoms with Gasteiger partial charge in [0.25, 0.3) is 0 Å². The Morgan fingerprint density at radius 1 is 1.69 bits per heavy atom. The summed E-state index contributed by atoms with van der Waals surface area (Å²) in [5.74, 6) is 0.839. The zero-order valence-corrected chi connectivity index (χ0v) is 10.4. The van der Waals surface area contributed by atoms with Crippen molar-refractivity contribution in [2.24, 2.45) is 0 Å². The van der Waals surface area contributed by atoms with Gasteiger partial charge < -0.3 is 5.32 Å². The molecule has 0 aliphatic carbocycles. The lowest BCUT2D eigenvalue weighted by Crippen LogP contribution is -2.03. The number of pyridine rings is 1. The number of hydrogen-bond donors (Lipinski definition) is 1. The van der Waals surface area contributed by atoms with Crippen molar-refractivity contribution in [1.82, 2.24) is 4.98 Å². The molecule has 1 aromatic heterocycles. The Bertz CT molecular complexity index is 323. The van der Waals surface area contributed by atoms with Gasteiger partial charge in [-0.05, 0) is 34.5 Å². The Balaban J connectivity index is 2.72. The topological polar surface area (TPSA) is 24.9 Å². The average Bonchev–Trinajstić information content (AvgIpc) is 2.02. The molecule has 1 heterocycles. The first-order valence-electron chi connectivity index (χ1n) is 3.79. The molecule has 0 aliphatic rings. The van der Waals surface area contributed by atoms with Gasteiger partial charge in [0.1, 0.15) is 5.82 Å². The fraction of sp³-hybridized carbons (Fsp3) is 0.222. The van der Waals surface area contributed by atoms with Crippen LogP contribution in [0.2, 0.25) is 0 Å². The first-order chi connectivity index (χ1) is 6.09. The number of anilines is 1. The summed E-state index contributed by atoms with van der Waals surface area (Å²) in [4.78, 5) is 4.23. The summed E-state index contributed by atoms with van der Waals surface area (Å²) in [6.07, 6.45) is 1.82. The van der Waals surface area contributed by atoms with E-state index >= 15 is 0 Å². The number of aryl methyl sites for hydroxylation is 1. The molecule has 0 unspecified atom stereocenters. The van der Waals surface area contributed by atoms with E-state index in [0.717, 1.165) is 20.3 Å². The molecule has 1 aromatic rings. The van der Waals surface area contributed by atoms with E-state index in [1.807, 2.05) is 19.2 Å². The van der Waals surface area contributed by atoms with Crippen molar-refractivity contribution < 1.29 is 0 Å². The van der Waals surface area contributed by atoms with Crippen LogP contribution in [0.3, 0.4) is 0 Å². The molecule has 1 rings (SSSR count). The largest absolute Gasteiger partial charge is 0.365 e. The van der Waals surface area contributed by atoms with E-state index in [0.29, 0.717) is 6.54 Å². The highest BCUT2D eigenvalue weighted by Gasteiger charge is 2.00. The molecule has 1 N–H and O–H groups in total. The van der Waals surface area contributed by atoms with Crippen LogP contribution in [0.25, 0.3) is 0 Å². The second-order valence-electron chi connectivity index (χ2n) is 2.71. The Morgan fingerprint density at radius 2 is 2.38 bits per heavy atom. The van der Waals surface area contributed by atoms with Crippen molar-refractivity contribution in [3.05, 3.63) is 33.4 Å². The molecule has 70 valence electrons. The molecule has 0 atom stereocenters. The molecule has 0 spiro atoms.